The van der Waals surface area contributed by atoms with E-state index in [0.29, 0.717) is 0 Å². The van der Waals surface area contributed by atoms with E-state index in [1.165, 1.54) is 11.1 Å². The quantitative estimate of drug-likeness (QED) is 0.187. The van der Waals surface area contributed by atoms with Gasteiger partial charge in [-0.05, 0) is 65.7 Å². The lowest BCUT2D eigenvalue weighted by Crippen LogP contribution is -2.09. The molecule has 0 atom stereocenters. The number of anilines is 3. The maximum Gasteiger partial charge on any atom is 0.144 e. The highest BCUT2D eigenvalue weighted by molar-refractivity contribution is 6.24. The lowest BCUT2D eigenvalue weighted by Gasteiger charge is -2.26. The van der Waals surface area contributed by atoms with Gasteiger partial charge in [-0.3, -0.25) is 0 Å². The van der Waals surface area contributed by atoms with Crippen LogP contribution in [0.1, 0.15) is 0 Å². The smallest absolute Gasteiger partial charge is 0.144 e. The van der Waals surface area contributed by atoms with E-state index in [1.807, 2.05) is 24.3 Å². The Kier molecular flexibility index (Phi) is 6.14. The summed E-state index contributed by atoms with van der Waals surface area (Å²) in [6.45, 7) is 0. The second-order valence-electron chi connectivity index (χ2n) is 11.6. The summed E-state index contributed by atoms with van der Waals surface area (Å²) < 4.78 is 6.52. The molecule has 9 rings (SSSR count). The van der Waals surface area contributed by atoms with E-state index in [4.69, 9.17) is 9.40 Å². The summed E-state index contributed by atoms with van der Waals surface area (Å²) in [4.78, 5) is 7.50. The molecule has 0 spiro atoms. The summed E-state index contributed by atoms with van der Waals surface area (Å²) in [6, 6.07) is 59.5. The van der Waals surface area contributed by atoms with E-state index in [2.05, 4.69) is 150 Å². The summed E-state index contributed by atoms with van der Waals surface area (Å²) >= 11 is 0. The minimum absolute atomic E-state index is 0.898. The minimum atomic E-state index is 0.898. The van der Waals surface area contributed by atoms with Gasteiger partial charge in [0.25, 0.3) is 0 Å². The van der Waals surface area contributed by atoms with Crippen LogP contribution in [0.5, 0.6) is 0 Å². The molecule has 2 aromatic heterocycles. The Morgan fingerprint density at radius 1 is 0.391 bits per heavy atom. The molecule has 0 unspecified atom stereocenters. The highest BCUT2D eigenvalue weighted by Crippen LogP contribution is 2.42. The Hall–Kier alpha value is -6.19. The van der Waals surface area contributed by atoms with Gasteiger partial charge < -0.3 is 9.32 Å². The first kappa shape index (κ1) is 26.2. The average Bonchev–Trinajstić information content (AvgIpc) is 3.52. The van der Waals surface area contributed by atoms with Gasteiger partial charge in [0, 0.05) is 49.6 Å². The summed E-state index contributed by atoms with van der Waals surface area (Å²) in [5.74, 6) is 0. The third-order valence-electron chi connectivity index (χ3n) is 8.85. The maximum absolute atomic E-state index is 6.52. The number of pyridine rings is 1. The van der Waals surface area contributed by atoms with Gasteiger partial charge in [-0.2, -0.15) is 0 Å². The monoisotopic (exact) mass is 588 g/mol. The number of benzene rings is 7. The molecule has 0 amide bonds. The fraction of sp³-hybridized carbons (Fsp3) is 0. The molecule has 2 heterocycles. The molecule has 0 N–H and O–H groups in total. The number of hydrogen-bond donors (Lipinski definition) is 0. The molecule has 9 aromatic rings. The number of nitrogens with zero attached hydrogens (tertiary/aromatic N) is 2. The Morgan fingerprint density at radius 3 is 1.67 bits per heavy atom. The third-order valence-corrected chi connectivity index (χ3v) is 8.85. The minimum Gasteiger partial charge on any atom is -0.455 e. The second-order valence-corrected chi connectivity index (χ2v) is 11.6. The van der Waals surface area contributed by atoms with E-state index in [1.54, 1.807) is 0 Å². The predicted octanol–water partition coefficient (Wildman–Crippen LogP) is 12.1. The summed E-state index contributed by atoms with van der Waals surface area (Å²) in [5, 5.41) is 5.52. The van der Waals surface area contributed by atoms with Gasteiger partial charge in [0.2, 0.25) is 0 Å². The zero-order chi connectivity index (χ0) is 30.5. The van der Waals surface area contributed by atoms with Gasteiger partial charge >= 0.3 is 0 Å². The molecule has 0 saturated heterocycles. The number of aromatic nitrogens is 1. The van der Waals surface area contributed by atoms with Crippen LogP contribution >= 0.6 is 0 Å². The first-order valence-electron chi connectivity index (χ1n) is 15.6. The molecule has 3 heteroatoms. The zero-order valence-electron chi connectivity index (χ0n) is 25.0. The molecule has 0 aliphatic rings. The lowest BCUT2D eigenvalue weighted by atomic mass is 9.97. The Balaban J connectivity index is 1.18. The molecule has 0 radical (unpaired) electrons. The van der Waals surface area contributed by atoms with Crippen LogP contribution in [0.3, 0.4) is 0 Å². The van der Waals surface area contributed by atoms with Crippen molar-refractivity contribution in [3.05, 3.63) is 170 Å². The molecular weight excluding hydrogens is 560 g/mol. The van der Waals surface area contributed by atoms with Gasteiger partial charge in [-0.15, -0.1) is 0 Å². The van der Waals surface area contributed by atoms with Crippen LogP contribution in [0.15, 0.2) is 174 Å². The van der Waals surface area contributed by atoms with Crippen LogP contribution < -0.4 is 4.90 Å². The van der Waals surface area contributed by atoms with Gasteiger partial charge in [-0.1, -0.05) is 115 Å². The van der Waals surface area contributed by atoms with Crippen molar-refractivity contribution in [2.75, 3.05) is 4.90 Å². The summed E-state index contributed by atoms with van der Waals surface area (Å²) in [5.41, 5.74) is 10.4. The van der Waals surface area contributed by atoms with Gasteiger partial charge in [0.05, 0.1) is 11.2 Å². The van der Waals surface area contributed by atoms with Crippen molar-refractivity contribution >= 4 is 60.7 Å². The Labute approximate surface area is 266 Å². The van der Waals surface area contributed by atoms with E-state index in [-0.39, 0.29) is 0 Å². The van der Waals surface area contributed by atoms with Crippen molar-refractivity contribution in [2.24, 2.45) is 0 Å². The van der Waals surface area contributed by atoms with Crippen LogP contribution in [0.4, 0.5) is 17.1 Å². The second kappa shape index (κ2) is 10.8. The SMILES string of the molecule is c1ccc(-c2ccc(N(c3ccccc3)c3ccc(-c4nc5ccccc5c5c4ccc4c6ccccc6oc45)cc3)cc2)cc1. The van der Waals surface area contributed by atoms with Crippen LogP contribution in [-0.4, -0.2) is 4.98 Å². The molecule has 0 aliphatic carbocycles. The number of hydrogen-bond acceptors (Lipinski definition) is 3. The molecule has 3 nitrogen and oxygen atoms in total. The highest BCUT2D eigenvalue weighted by atomic mass is 16.3. The van der Waals surface area contributed by atoms with E-state index in [0.717, 1.165) is 71.9 Å². The van der Waals surface area contributed by atoms with Crippen LogP contribution in [-0.2, 0) is 0 Å². The van der Waals surface area contributed by atoms with Crippen molar-refractivity contribution in [1.29, 1.82) is 0 Å². The van der Waals surface area contributed by atoms with Crippen molar-refractivity contribution < 1.29 is 4.42 Å². The van der Waals surface area contributed by atoms with E-state index in [9.17, 15) is 0 Å². The number of para-hydroxylation sites is 3. The van der Waals surface area contributed by atoms with Crippen molar-refractivity contribution in [3.8, 4) is 22.4 Å². The molecule has 0 fully saturated rings. The molecule has 0 aliphatic heterocycles. The number of rotatable bonds is 5. The molecule has 216 valence electrons. The fourth-order valence-corrected chi connectivity index (χ4v) is 6.66. The molecule has 46 heavy (non-hydrogen) atoms. The van der Waals surface area contributed by atoms with Gasteiger partial charge in [0.1, 0.15) is 11.2 Å². The largest absolute Gasteiger partial charge is 0.455 e. The topological polar surface area (TPSA) is 29.3 Å². The average molecular weight is 589 g/mol. The summed E-state index contributed by atoms with van der Waals surface area (Å²) in [7, 11) is 0. The molecular formula is C43H28N2O. The van der Waals surface area contributed by atoms with Crippen LogP contribution in [0.25, 0.3) is 66.0 Å². The standard InChI is InChI=1S/C43H28N2O/c1-3-11-29(12-4-1)30-19-23-33(24-20-30)45(32-13-5-2-6-14-32)34-25-21-31(22-26-34)42-38-28-27-36-35-15-8-10-18-40(35)46-43(36)41(38)37-16-7-9-17-39(37)44-42/h1-28H. The Bertz CT molecular complexity index is 2500. The first-order chi connectivity index (χ1) is 22.8. The van der Waals surface area contributed by atoms with E-state index < -0.39 is 0 Å². The molecule has 0 bridgehead atoms. The van der Waals surface area contributed by atoms with Gasteiger partial charge in [-0.25, -0.2) is 4.98 Å². The summed E-state index contributed by atoms with van der Waals surface area (Å²) in [6.07, 6.45) is 0. The number of fused-ring (bicyclic) bond motifs is 7. The van der Waals surface area contributed by atoms with E-state index >= 15 is 0 Å². The Morgan fingerprint density at radius 2 is 0.935 bits per heavy atom. The van der Waals surface area contributed by atoms with Crippen molar-refractivity contribution in [1.82, 2.24) is 4.98 Å². The third kappa shape index (κ3) is 4.33. The predicted molar refractivity (Wildman–Crippen MR) is 192 cm³/mol. The van der Waals surface area contributed by atoms with Gasteiger partial charge in [0.15, 0.2) is 0 Å². The lowest BCUT2D eigenvalue weighted by molar-refractivity contribution is 0.673. The maximum atomic E-state index is 6.52. The molecule has 7 aromatic carbocycles. The normalized spacial score (nSPS) is 11.5. The van der Waals surface area contributed by atoms with Crippen molar-refractivity contribution in [3.63, 3.8) is 0 Å². The number of furan rings is 1. The fourth-order valence-electron chi connectivity index (χ4n) is 6.66. The highest BCUT2D eigenvalue weighted by Gasteiger charge is 2.18. The molecule has 0 saturated carbocycles. The van der Waals surface area contributed by atoms with Crippen molar-refractivity contribution in [2.45, 2.75) is 0 Å². The first-order valence-corrected chi connectivity index (χ1v) is 15.6. The van der Waals surface area contributed by atoms with Crippen LogP contribution in [0, 0.1) is 0 Å². The zero-order valence-corrected chi connectivity index (χ0v) is 25.0. The van der Waals surface area contributed by atoms with Crippen LogP contribution in [0.2, 0.25) is 0 Å².